The first-order valence-corrected chi connectivity index (χ1v) is 9.69. The van der Waals surface area contributed by atoms with Gasteiger partial charge >= 0.3 is 5.69 Å². The molecule has 2 aromatic heterocycles. The Morgan fingerprint density at radius 2 is 1.65 bits per heavy atom. The Bertz CT molecular complexity index is 1380. The molecule has 0 aliphatic heterocycles. The van der Waals surface area contributed by atoms with Crippen molar-refractivity contribution in [2.24, 2.45) is 14.1 Å². The third-order valence-corrected chi connectivity index (χ3v) is 5.21. The van der Waals surface area contributed by atoms with Crippen LogP contribution in [0.1, 0.15) is 0 Å². The normalized spacial score (nSPS) is 10.9. The Kier molecular flexibility index (Phi) is 5.21. The molecule has 4 rings (SSSR count). The lowest BCUT2D eigenvalue weighted by Crippen LogP contribution is -2.40. The fourth-order valence-corrected chi connectivity index (χ4v) is 3.66. The fourth-order valence-electron chi connectivity index (χ4n) is 3.66. The van der Waals surface area contributed by atoms with E-state index in [0.29, 0.717) is 28.0 Å². The highest BCUT2D eigenvalue weighted by atomic mass is 16.5. The third-order valence-electron chi connectivity index (χ3n) is 5.21. The summed E-state index contributed by atoms with van der Waals surface area (Å²) < 4.78 is 9.19. The minimum absolute atomic E-state index is 0.237. The van der Waals surface area contributed by atoms with E-state index in [0.717, 1.165) is 10.1 Å². The molecule has 1 N–H and O–H groups in total. The maximum Gasteiger partial charge on any atom is 0.331 e. The maximum absolute atomic E-state index is 13.0. The number of nitrogens with one attached hydrogen (secondary N) is 1. The molecule has 8 nitrogen and oxygen atoms in total. The molecule has 0 saturated carbocycles. The summed E-state index contributed by atoms with van der Waals surface area (Å²) in [5.74, 6) is 0.292. The van der Waals surface area contributed by atoms with Gasteiger partial charge in [0.25, 0.3) is 5.56 Å². The van der Waals surface area contributed by atoms with E-state index in [2.05, 4.69) is 5.32 Å². The number of anilines is 1. The monoisotopic (exact) mass is 418 g/mol. The van der Waals surface area contributed by atoms with E-state index >= 15 is 0 Å². The quantitative estimate of drug-likeness (QED) is 0.539. The van der Waals surface area contributed by atoms with Crippen molar-refractivity contribution in [3.05, 3.63) is 81.6 Å². The second-order valence-corrected chi connectivity index (χ2v) is 7.23. The van der Waals surface area contributed by atoms with E-state index < -0.39 is 11.2 Å². The summed E-state index contributed by atoms with van der Waals surface area (Å²) in [6, 6.07) is 16.4. The van der Waals surface area contributed by atoms with E-state index in [-0.39, 0.29) is 12.5 Å². The highest BCUT2D eigenvalue weighted by Gasteiger charge is 2.20. The molecule has 31 heavy (non-hydrogen) atoms. The number of methoxy groups -OCH3 is 1. The predicted molar refractivity (Wildman–Crippen MR) is 119 cm³/mol. The number of aryl methyl sites for hydroxylation is 1. The standard InChI is InChI=1S/C23H22N4O4/c1-25-13-18(15-7-5-4-6-8-15)20-21(25)22(29)26(2)23(30)27(20)14-19(28)24-16-9-11-17(31-3)12-10-16/h4-13H,14H2,1-3H3,(H,24,28). The van der Waals surface area contributed by atoms with Crippen molar-refractivity contribution in [3.8, 4) is 16.9 Å². The van der Waals surface area contributed by atoms with Crippen molar-refractivity contribution in [1.82, 2.24) is 13.7 Å². The first kappa shape index (κ1) is 20.2. The van der Waals surface area contributed by atoms with Crippen LogP contribution in [0.15, 0.2) is 70.4 Å². The third kappa shape index (κ3) is 3.63. The molecule has 158 valence electrons. The molecule has 0 spiro atoms. The van der Waals surface area contributed by atoms with Gasteiger partial charge in [-0.05, 0) is 29.8 Å². The summed E-state index contributed by atoms with van der Waals surface area (Å²) in [6.45, 7) is -0.237. The van der Waals surface area contributed by atoms with Crippen molar-refractivity contribution in [3.63, 3.8) is 0 Å². The number of carbonyl (C=O) groups is 1. The minimum atomic E-state index is -0.550. The second-order valence-electron chi connectivity index (χ2n) is 7.23. The van der Waals surface area contributed by atoms with Crippen molar-refractivity contribution in [2.45, 2.75) is 6.54 Å². The molecular weight excluding hydrogens is 396 g/mol. The van der Waals surface area contributed by atoms with Gasteiger partial charge in [-0.3, -0.25) is 18.7 Å². The van der Waals surface area contributed by atoms with Crippen LogP contribution >= 0.6 is 0 Å². The van der Waals surface area contributed by atoms with Crippen LogP contribution < -0.4 is 21.3 Å². The minimum Gasteiger partial charge on any atom is -0.497 e. The molecule has 4 aromatic rings. The largest absolute Gasteiger partial charge is 0.497 e. The van der Waals surface area contributed by atoms with Gasteiger partial charge in [-0.1, -0.05) is 30.3 Å². The SMILES string of the molecule is COc1ccc(NC(=O)Cn2c(=O)n(C)c(=O)c3c2c(-c2ccccc2)cn3C)cc1. The Labute approximate surface area is 177 Å². The summed E-state index contributed by atoms with van der Waals surface area (Å²) in [7, 11) is 4.73. The smallest absolute Gasteiger partial charge is 0.331 e. The van der Waals surface area contributed by atoms with Crippen molar-refractivity contribution < 1.29 is 9.53 Å². The average Bonchev–Trinajstić information content (AvgIpc) is 3.13. The highest BCUT2D eigenvalue weighted by molar-refractivity contribution is 5.95. The van der Waals surface area contributed by atoms with Gasteiger partial charge in [0.1, 0.15) is 17.8 Å². The van der Waals surface area contributed by atoms with Crippen LogP contribution in [0.5, 0.6) is 5.75 Å². The Balaban J connectivity index is 1.82. The summed E-state index contributed by atoms with van der Waals surface area (Å²) >= 11 is 0. The molecule has 8 heteroatoms. The highest BCUT2D eigenvalue weighted by Crippen LogP contribution is 2.28. The summed E-state index contributed by atoms with van der Waals surface area (Å²) in [4.78, 5) is 38.6. The lowest BCUT2D eigenvalue weighted by molar-refractivity contribution is -0.116. The van der Waals surface area contributed by atoms with Crippen molar-refractivity contribution in [2.75, 3.05) is 12.4 Å². The fraction of sp³-hybridized carbons (Fsp3) is 0.174. The molecule has 0 fully saturated rings. The molecule has 0 saturated heterocycles. The Morgan fingerprint density at radius 3 is 2.29 bits per heavy atom. The average molecular weight is 418 g/mol. The van der Waals surface area contributed by atoms with Gasteiger partial charge in [0.05, 0.1) is 12.6 Å². The Hall–Kier alpha value is -4.07. The molecule has 2 heterocycles. The topological polar surface area (TPSA) is 87.3 Å². The van der Waals surface area contributed by atoms with Crippen LogP contribution in [0.4, 0.5) is 5.69 Å². The Morgan fingerprint density at radius 1 is 0.968 bits per heavy atom. The van der Waals surface area contributed by atoms with Gasteiger partial charge < -0.3 is 14.6 Å². The van der Waals surface area contributed by atoms with Gasteiger partial charge in [0.2, 0.25) is 5.91 Å². The second kappa shape index (κ2) is 7.98. The number of rotatable bonds is 5. The maximum atomic E-state index is 13.0. The zero-order valence-corrected chi connectivity index (χ0v) is 17.5. The van der Waals surface area contributed by atoms with Gasteiger partial charge in [-0.2, -0.15) is 0 Å². The van der Waals surface area contributed by atoms with Crippen LogP contribution in [-0.4, -0.2) is 26.7 Å². The van der Waals surface area contributed by atoms with E-state index in [9.17, 15) is 14.4 Å². The number of hydrogen-bond donors (Lipinski definition) is 1. The summed E-state index contributed by atoms with van der Waals surface area (Å²) in [5.41, 5.74) is 1.98. The number of benzene rings is 2. The number of fused-ring (bicyclic) bond motifs is 1. The first-order valence-electron chi connectivity index (χ1n) is 9.69. The molecular formula is C23H22N4O4. The van der Waals surface area contributed by atoms with Crippen LogP contribution in [0, 0.1) is 0 Å². The molecule has 0 atom stereocenters. The molecule has 0 aliphatic rings. The molecule has 1 amide bonds. The molecule has 0 radical (unpaired) electrons. The number of carbonyl (C=O) groups excluding carboxylic acids is 1. The lowest BCUT2D eigenvalue weighted by Gasteiger charge is -2.12. The zero-order chi connectivity index (χ0) is 22.1. The predicted octanol–water partition coefficient (Wildman–Crippen LogP) is 2.35. The number of aromatic nitrogens is 3. The van der Waals surface area contributed by atoms with Crippen molar-refractivity contribution >= 4 is 22.6 Å². The summed E-state index contributed by atoms with van der Waals surface area (Å²) in [5, 5.41) is 2.79. The van der Waals surface area contributed by atoms with Crippen molar-refractivity contribution in [1.29, 1.82) is 0 Å². The van der Waals surface area contributed by atoms with E-state index in [4.69, 9.17) is 4.74 Å². The molecule has 2 aromatic carbocycles. The molecule has 0 bridgehead atoms. The first-order chi connectivity index (χ1) is 14.9. The van der Waals surface area contributed by atoms with Crippen LogP contribution in [0.25, 0.3) is 22.2 Å². The van der Waals surface area contributed by atoms with Crippen LogP contribution in [0.2, 0.25) is 0 Å². The number of amides is 1. The number of ether oxygens (including phenoxy) is 1. The summed E-state index contributed by atoms with van der Waals surface area (Å²) in [6.07, 6.45) is 1.80. The lowest BCUT2D eigenvalue weighted by atomic mass is 10.1. The van der Waals surface area contributed by atoms with E-state index in [1.54, 1.807) is 49.2 Å². The molecule has 0 unspecified atom stereocenters. The molecule has 0 aliphatic carbocycles. The van der Waals surface area contributed by atoms with Crippen LogP contribution in [-0.2, 0) is 25.4 Å². The van der Waals surface area contributed by atoms with Gasteiger partial charge in [-0.15, -0.1) is 0 Å². The van der Waals surface area contributed by atoms with E-state index in [1.807, 2.05) is 30.3 Å². The number of nitrogens with zero attached hydrogens (tertiary/aromatic N) is 3. The van der Waals surface area contributed by atoms with Gasteiger partial charge in [-0.25, -0.2) is 4.79 Å². The van der Waals surface area contributed by atoms with Gasteiger partial charge in [0, 0.05) is 31.5 Å². The van der Waals surface area contributed by atoms with Gasteiger partial charge in [0.15, 0.2) is 0 Å². The zero-order valence-electron chi connectivity index (χ0n) is 17.5. The van der Waals surface area contributed by atoms with E-state index in [1.165, 1.54) is 11.6 Å². The number of hydrogen-bond acceptors (Lipinski definition) is 4. The van der Waals surface area contributed by atoms with Crippen LogP contribution in [0.3, 0.4) is 0 Å².